The van der Waals surface area contributed by atoms with Crippen LogP contribution in [0.4, 0.5) is 0 Å². The number of carbonyl (C=O) groups excluding carboxylic acids is 2. The second-order valence-corrected chi connectivity index (χ2v) is 8.18. The number of thiocarbonyl (C=S) groups is 1. The lowest BCUT2D eigenvalue weighted by atomic mass is 9.91. The molecule has 1 aromatic heterocycles. The van der Waals surface area contributed by atoms with Crippen LogP contribution in [-0.2, 0) is 14.3 Å². The van der Waals surface area contributed by atoms with Crippen LogP contribution in [0.3, 0.4) is 0 Å². The smallest absolute Gasteiger partial charge is 0.328 e. The van der Waals surface area contributed by atoms with Crippen molar-refractivity contribution in [1.82, 2.24) is 10.3 Å². The molecule has 0 saturated heterocycles. The molecule has 0 saturated carbocycles. The van der Waals surface area contributed by atoms with Gasteiger partial charge in [0.1, 0.15) is 22.8 Å². The fourth-order valence-electron chi connectivity index (χ4n) is 3.30. The Morgan fingerprint density at radius 2 is 1.81 bits per heavy atom. The number of benzene rings is 1. The van der Waals surface area contributed by atoms with Gasteiger partial charge in [-0.2, -0.15) is 0 Å². The molecule has 0 aliphatic rings. The SMILES string of the molecule is COc1ccnc(C(=S)N[C@@H](C)C(=O)O[C@@H](C)[C@@H](C)c2ccc(C)cc2C)c1OC(C)=O. The number of methoxy groups -OCH3 is 1. The van der Waals surface area contributed by atoms with Crippen molar-refractivity contribution in [2.45, 2.75) is 59.6 Å². The van der Waals surface area contributed by atoms with Gasteiger partial charge in [0.05, 0.1) is 7.11 Å². The minimum Gasteiger partial charge on any atom is -0.493 e. The lowest BCUT2D eigenvalue weighted by Gasteiger charge is -2.25. The average Bonchev–Trinajstić information content (AvgIpc) is 2.72. The van der Waals surface area contributed by atoms with Crippen molar-refractivity contribution in [3.8, 4) is 11.5 Å². The molecular formula is C24H30N2O5S. The van der Waals surface area contributed by atoms with Gasteiger partial charge in [0.15, 0.2) is 5.75 Å². The quantitative estimate of drug-likeness (QED) is 0.469. The number of pyridine rings is 1. The zero-order chi connectivity index (χ0) is 24.0. The summed E-state index contributed by atoms with van der Waals surface area (Å²) in [4.78, 5) is 28.5. The van der Waals surface area contributed by atoms with E-state index in [9.17, 15) is 9.59 Å². The number of esters is 2. The molecular weight excluding hydrogens is 428 g/mol. The summed E-state index contributed by atoms with van der Waals surface area (Å²) in [5.74, 6) is -0.567. The van der Waals surface area contributed by atoms with Crippen LogP contribution in [0.2, 0.25) is 0 Å². The van der Waals surface area contributed by atoms with Crippen LogP contribution >= 0.6 is 12.2 Å². The highest BCUT2D eigenvalue weighted by atomic mass is 32.1. The summed E-state index contributed by atoms with van der Waals surface area (Å²) < 4.78 is 16.2. The van der Waals surface area contributed by atoms with Gasteiger partial charge in [0, 0.05) is 25.1 Å². The van der Waals surface area contributed by atoms with Crippen molar-refractivity contribution in [1.29, 1.82) is 0 Å². The Labute approximate surface area is 194 Å². The van der Waals surface area contributed by atoms with Crippen LogP contribution in [-0.4, -0.2) is 41.2 Å². The van der Waals surface area contributed by atoms with Gasteiger partial charge < -0.3 is 19.5 Å². The largest absolute Gasteiger partial charge is 0.493 e. The summed E-state index contributed by atoms with van der Waals surface area (Å²) in [6.45, 7) is 10.9. The number of ether oxygens (including phenoxy) is 3. The number of rotatable bonds is 8. The first-order chi connectivity index (χ1) is 15.0. The third-order valence-corrected chi connectivity index (χ3v) is 5.48. The monoisotopic (exact) mass is 458 g/mol. The highest BCUT2D eigenvalue weighted by Gasteiger charge is 2.25. The van der Waals surface area contributed by atoms with Crippen LogP contribution in [0.5, 0.6) is 11.5 Å². The predicted molar refractivity (Wildman–Crippen MR) is 126 cm³/mol. The first-order valence-corrected chi connectivity index (χ1v) is 10.8. The second-order valence-electron chi connectivity index (χ2n) is 7.77. The molecule has 3 atom stereocenters. The number of nitrogens with one attached hydrogen (secondary N) is 1. The third-order valence-electron chi connectivity index (χ3n) is 5.17. The average molecular weight is 459 g/mol. The van der Waals surface area contributed by atoms with Crippen molar-refractivity contribution < 1.29 is 23.8 Å². The number of aromatic nitrogens is 1. The van der Waals surface area contributed by atoms with E-state index in [-0.39, 0.29) is 28.5 Å². The number of carbonyl (C=O) groups is 2. The molecule has 0 spiro atoms. The predicted octanol–water partition coefficient (Wildman–Crippen LogP) is 4.02. The number of nitrogens with zero attached hydrogens (tertiary/aromatic N) is 1. The van der Waals surface area contributed by atoms with E-state index in [0.29, 0.717) is 5.75 Å². The Morgan fingerprint density at radius 1 is 1.12 bits per heavy atom. The van der Waals surface area contributed by atoms with Crippen LogP contribution < -0.4 is 14.8 Å². The molecule has 8 heteroatoms. The Bertz CT molecular complexity index is 1010. The van der Waals surface area contributed by atoms with Gasteiger partial charge in [0.2, 0.25) is 5.75 Å². The highest BCUT2D eigenvalue weighted by molar-refractivity contribution is 7.80. The first kappa shape index (κ1) is 25.3. The molecule has 0 bridgehead atoms. The highest BCUT2D eigenvalue weighted by Crippen LogP contribution is 2.30. The molecule has 0 radical (unpaired) electrons. The minimum atomic E-state index is -0.741. The maximum Gasteiger partial charge on any atom is 0.328 e. The van der Waals surface area contributed by atoms with E-state index in [0.717, 1.165) is 11.1 Å². The molecule has 172 valence electrons. The van der Waals surface area contributed by atoms with Gasteiger partial charge in [-0.3, -0.25) is 4.79 Å². The third kappa shape index (κ3) is 6.26. The van der Waals surface area contributed by atoms with E-state index in [1.807, 2.05) is 20.8 Å². The fraction of sp³-hybridized carbons (Fsp3) is 0.417. The zero-order valence-corrected chi connectivity index (χ0v) is 20.3. The molecule has 1 aromatic carbocycles. The maximum atomic E-state index is 12.7. The standard InChI is InChI=1S/C24H30N2O5S/c1-13-8-9-19(14(2)12-13)15(3)17(5)30-24(28)16(4)26-23(32)21-22(31-18(6)27)20(29-7)10-11-25-21/h8-12,15-17H,1-7H3,(H,26,32)/t15-,16+,17+/m1/s1. The van der Waals surface area contributed by atoms with Gasteiger partial charge in [-0.05, 0) is 38.8 Å². The van der Waals surface area contributed by atoms with Gasteiger partial charge in [-0.1, -0.05) is 42.9 Å². The van der Waals surface area contributed by atoms with E-state index in [2.05, 4.69) is 35.4 Å². The molecule has 1 N–H and O–H groups in total. The minimum absolute atomic E-state index is 0.0225. The molecule has 0 aliphatic carbocycles. The van der Waals surface area contributed by atoms with Crippen molar-refractivity contribution in [3.05, 3.63) is 52.8 Å². The van der Waals surface area contributed by atoms with Crippen LogP contribution in [0, 0.1) is 13.8 Å². The molecule has 2 aromatic rings. The number of hydrogen-bond acceptors (Lipinski definition) is 7. The van der Waals surface area contributed by atoms with E-state index in [4.69, 9.17) is 26.4 Å². The Balaban J connectivity index is 2.09. The van der Waals surface area contributed by atoms with Crippen molar-refractivity contribution in [2.75, 3.05) is 7.11 Å². The summed E-state index contributed by atoms with van der Waals surface area (Å²) >= 11 is 5.41. The van der Waals surface area contributed by atoms with Gasteiger partial charge in [0.25, 0.3) is 0 Å². The van der Waals surface area contributed by atoms with E-state index in [1.165, 1.54) is 25.8 Å². The summed E-state index contributed by atoms with van der Waals surface area (Å²) in [6.07, 6.45) is 1.14. The van der Waals surface area contributed by atoms with Crippen LogP contribution in [0.1, 0.15) is 56.0 Å². The van der Waals surface area contributed by atoms with Gasteiger partial charge in [-0.25, -0.2) is 9.78 Å². The molecule has 0 amide bonds. The maximum absolute atomic E-state index is 12.7. The lowest BCUT2D eigenvalue weighted by molar-refractivity contribution is -0.150. The van der Waals surface area contributed by atoms with Crippen LogP contribution in [0.25, 0.3) is 0 Å². The molecule has 0 aliphatic heterocycles. The Hall–Kier alpha value is -3.00. The second kappa shape index (κ2) is 11.0. The van der Waals surface area contributed by atoms with E-state index < -0.39 is 18.0 Å². The first-order valence-electron chi connectivity index (χ1n) is 10.3. The summed E-state index contributed by atoms with van der Waals surface area (Å²) in [7, 11) is 1.45. The summed E-state index contributed by atoms with van der Waals surface area (Å²) in [6, 6.07) is 7.05. The van der Waals surface area contributed by atoms with Crippen molar-refractivity contribution in [2.24, 2.45) is 0 Å². The topological polar surface area (TPSA) is 86.8 Å². The Morgan fingerprint density at radius 3 is 2.41 bits per heavy atom. The van der Waals surface area contributed by atoms with E-state index in [1.54, 1.807) is 13.0 Å². The van der Waals surface area contributed by atoms with Crippen molar-refractivity contribution >= 4 is 29.1 Å². The summed E-state index contributed by atoms with van der Waals surface area (Å²) in [5.41, 5.74) is 3.69. The van der Waals surface area contributed by atoms with E-state index >= 15 is 0 Å². The zero-order valence-electron chi connectivity index (χ0n) is 19.5. The normalized spacial score (nSPS) is 13.5. The molecule has 2 rings (SSSR count). The molecule has 32 heavy (non-hydrogen) atoms. The number of aryl methyl sites for hydroxylation is 2. The molecule has 7 nitrogen and oxygen atoms in total. The van der Waals surface area contributed by atoms with Crippen LogP contribution in [0.15, 0.2) is 30.5 Å². The molecule has 0 fully saturated rings. The number of hydrogen-bond donors (Lipinski definition) is 1. The lowest BCUT2D eigenvalue weighted by Crippen LogP contribution is -2.41. The van der Waals surface area contributed by atoms with Crippen molar-refractivity contribution in [3.63, 3.8) is 0 Å². The summed E-state index contributed by atoms with van der Waals surface area (Å²) in [5, 5.41) is 2.91. The molecule has 1 heterocycles. The fourth-order valence-corrected chi connectivity index (χ4v) is 3.62. The molecule has 0 unspecified atom stereocenters. The van der Waals surface area contributed by atoms with Gasteiger partial charge >= 0.3 is 11.9 Å². The Kier molecular flexibility index (Phi) is 8.72. The van der Waals surface area contributed by atoms with Gasteiger partial charge in [-0.15, -0.1) is 0 Å².